The largest absolute Gasteiger partial charge is 0.497 e. The van der Waals surface area contributed by atoms with Crippen molar-refractivity contribution in [2.45, 2.75) is 0 Å². The van der Waals surface area contributed by atoms with Gasteiger partial charge in [-0.2, -0.15) is 0 Å². The van der Waals surface area contributed by atoms with Gasteiger partial charge in [0.2, 0.25) is 0 Å². The lowest BCUT2D eigenvalue weighted by molar-refractivity contribution is -0.117. The van der Waals surface area contributed by atoms with Crippen LogP contribution in [0.5, 0.6) is 5.75 Å². The summed E-state index contributed by atoms with van der Waals surface area (Å²) in [5.41, 5.74) is 4.07. The normalized spacial score (nSPS) is 15.9. The summed E-state index contributed by atoms with van der Waals surface area (Å²) >= 11 is 2.18. The molecule has 1 N–H and O–H groups in total. The molecule has 6 heteroatoms. The number of nitrogens with zero attached hydrogens (tertiary/aromatic N) is 1. The van der Waals surface area contributed by atoms with E-state index in [1.165, 1.54) is 5.01 Å². The highest BCUT2D eigenvalue weighted by molar-refractivity contribution is 14.1. The lowest BCUT2D eigenvalue weighted by atomic mass is 10.1. The van der Waals surface area contributed by atoms with E-state index in [0.29, 0.717) is 5.69 Å². The van der Waals surface area contributed by atoms with Crippen LogP contribution >= 0.6 is 22.6 Å². The van der Waals surface area contributed by atoms with Crippen LogP contribution in [0.25, 0.3) is 6.08 Å². The molecule has 0 spiro atoms. The molecule has 0 radical (unpaired) electrons. The van der Waals surface area contributed by atoms with E-state index in [-0.39, 0.29) is 11.5 Å². The topological polar surface area (TPSA) is 58.6 Å². The molecule has 2 aromatic rings. The fourth-order valence-corrected chi connectivity index (χ4v) is 2.56. The van der Waals surface area contributed by atoms with Gasteiger partial charge in [-0.05, 0) is 70.6 Å². The van der Waals surface area contributed by atoms with Gasteiger partial charge < -0.3 is 4.74 Å². The van der Waals surface area contributed by atoms with Crippen LogP contribution in [-0.4, -0.2) is 18.9 Å². The summed E-state index contributed by atoms with van der Waals surface area (Å²) < 4.78 is 6.14. The minimum absolute atomic E-state index is 0.105. The molecule has 0 unspecified atom stereocenters. The second kappa shape index (κ2) is 6.41. The van der Waals surface area contributed by atoms with Gasteiger partial charge in [0, 0.05) is 3.57 Å². The Labute approximate surface area is 147 Å². The molecule has 1 saturated heterocycles. The second-order valence-corrected chi connectivity index (χ2v) is 6.13. The molecule has 0 aliphatic carbocycles. The second-order valence-electron chi connectivity index (χ2n) is 4.89. The quantitative estimate of drug-likeness (QED) is 0.472. The first-order chi connectivity index (χ1) is 11.1. The molecule has 1 heterocycles. The minimum atomic E-state index is -0.413. The van der Waals surface area contributed by atoms with E-state index in [2.05, 4.69) is 28.0 Å². The maximum absolute atomic E-state index is 12.5. The van der Waals surface area contributed by atoms with Crippen LogP contribution in [0, 0.1) is 3.57 Å². The minimum Gasteiger partial charge on any atom is -0.497 e. The van der Waals surface area contributed by atoms with E-state index in [1.807, 2.05) is 12.1 Å². The molecule has 23 heavy (non-hydrogen) atoms. The van der Waals surface area contributed by atoms with Crippen molar-refractivity contribution in [3.63, 3.8) is 0 Å². The van der Waals surface area contributed by atoms with E-state index in [1.54, 1.807) is 49.6 Å². The summed E-state index contributed by atoms with van der Waals surface area (Å²) in [4.78, 5) is 24.6. The molecule has 0 saturated carbocycles. The summed E-state index contributed by atoms with van der Waals surface area (Å²) in [7, 11) is 1.58. The van der Waals surface area contributed by atoms with E-state index >= 15 is 0 Å². The molecule has 0 aromatic heterocycles. The zero-order chi connectivity index (χ0) is 16.4. The Morgan fingerprint density at radius 1 is 1.04 bits per heavy atom. The molecule has 1 aliphatic heterocycles. The van der Waals surface area contributed by atoms with Gasteiger partial charge in [0.05, 0.1) is 12.8 Å². The van der Waals surface area contributed by atoms with E-state index < -0.39 is 5.91 Å². The van der Waals surface area contributed by atoms with Crippen molar-refractivity contribution in [1.29, 1.82) is 0 Å². The summed E-state index contributed by atoms with van der Waals surface area (Å²) in [5.74, 6) is -0.0636. The van der Waals surface area contributed by atoms with Crippen molar-refractivity contribution in [2.75, 3.05) is 12.1 Å². The summed E-state index contributed by atoms with van der Waals surface area (Å²) in [6.07, 6.45) is 1.57. The lowest BCUT2D eigenvalue weighted by Gasteiger charge is -2.14. The zero-order valence-corrected chi connectivity index (χ0v) is 14.4. The highest BCUT2D eigenvalue weighted by atomic mass is 127. The number of amides is 2. The van der Waals surface area contributed by atoms with Crippen LogP contribution < -0.4 is 15.2 Å². The number of rotatable bonds is 3. The number of anilines is 1. The zero-order valence-electron chi connectivity index (χ0n) is 12.2. The molecular formula is C17H13IN2O3. The van der Waals surface area contributed by atoms with Gasteiger partial charge in [-0.15, -0.1) is 0 Å². The first-order valence-electron chi connectivity index (χ1n) is 6.85. The number of carbonyl (C=O) groups excluding carboxylic acids is 2. The van der Waals surface area contributed by atoms with Gasteiger partial charge in [-0.3, -0.25) is 15.0 Å². The van der Waals surface area contributed by atoms with Crippen LogP contribution in [-0.2, 0) is 9.59 Å². The first-order valence-corrected chi connectivity index (χ1v) is 7.93. The number of hydrogen-bond donors (Lipinski definition) is 1. The van der Waals surface area contributed by atoms with E-state index in [9.17, 15) is 9.59 Å². The highest BCUT2D eigenvalue weighted by Gasteiger charge is 2.34. The van der Waals surface area contributed by atoms with Gasteiger partial charge >= 0.3 is 0 Å². The van der Waals surface area contributed by atoms with Crippen molar-refractivity contribution in [1.82, 2.24) is 5.43 Å². The molecule has 1 aliphatic rings. The number of carbonyl (C=O) groups is 2. The third-order valence-corrected chi connectivity index (χ3v) is 4.12. The highest BCUT2D eigenvalue weighted by Crippen LogP contribution is 2.23. The number of nitrogens with one attached hydrogen (secondary N) is 1. The van der Waals surface area contributed by atoms with Gasteiger partial charge in [0.15, 0.2) is 0 Å². The molecule has 3 rings (SSSR count). The molecule has 2 aromatic carbocycles. The summed E-state index contributed by atoms with van der Waals surface area (Å²) in [6, 6.07) is 14.5. The molecule has 0 bridgehead atoms. The SMILES string of the molecule is COc1ccc(C=C2C(=O)NN(c3ccc(I)cc3)C2=O)cc1. The number of ether oxygens (including phenoxy) is 1. The Hall–Kier alpha value is -2.35. The van der Waals surface area contributed by atoms with E-state index in [0.717, 1.165) is 14.9 Å². The number of methoxy groups -OCH3 is 1. The third kappa shape index (κ3) is 3.21. The van der Waals surface area contributed by atoms with Crippen molar-refractivity contribution >= 4 is 46.2 Å². The Kier molecular flexibility index (Phi) is 4.33. The Bertz CT molecular complexity index is 782. The van der Waals surface area contributed by atoms with Crippen LogP contribution in [0.3, 0.4) is 0 Å². The van der Waals surface area contributed by atoms with Gasteiger partial charge in [-0.25, -0.2) is 5.01 Å². The Balaban J connectivity index is 1.88. The maximum Gasteiger partial charge on any atom is 0.282 e. The maximum atomic E-state index is 12.5. The van der Waals surface area contributed by atoms with Gasteiger partial charge in [0.1, 0.15) is 11.3 Å². The van der Waals surface area contributed by atoms with E-state index in [4.69, 9.17) is 4.74 Å². The molecule has 5 nitrogen and oxygen atoms in total. The van der Waals surface area contributed by atoms with Crippen molar-refractivity contribution in [3.05, 3.63) is 63.2 Å². The average Bonchev–Trinajstić information content (AvgIpc) is 2.84. The van der Waals surface area contributed by atoms with Gasteiger partial charge in [0.25, 0.3) is 11.8 Å². The number of hydrazine groups is 1. The van der Waals surface area contributed by atoms with Crippen LogP contribution in [0.15, 0.2) is 54.1 Å². The predicted octanol–water partition coefficient (Wildman–Crippen LogP) is 2.76. The van der Waals surface area contributed by atoms with Crippen molar-refractivity contribution < 1.29 is 14.3 Å². The monoisotopic (exact) mass is 420 g/mol. The molecule has 0 atom stereocenters. The number of hydrogen-bond acceptors (Lipinski definition) is 3. The van der Waals surface area contributed by atoms with Gasteiger partial charge in [-0.1, -0.05) is 12.1 Å². The number of benzene rings is 2. The fraction of sp³-hybridized carbons (Fsp3) is 0.0588. The first kappa shape index (κ1) is 15.5. The standard InChI is InChI=1S/C17H13IN2O3/c1-23-14-8-2-11(3-9-14)10-15-16(21)19-20(17(15)22)13-6-4-12(18)5-7-13/h2-10H,1H3,(H,19,21). The molecular weight excluding hydrogens is 407 g/mol. The van der Waals surface area contributed by atoms with Crippen molar-refractivity contribution in [2.24, 2.45) is 0 Å². The molecule has 1 fully saturated rings. The van der Waals surface area contributed by atoms with Crippen molar-refractivity contribution in [3.8, 4) is 5.75 Å². The van der Waals surface area contributed by atoms with Crippen LogP contribution in [0.4, 0.5) is 5.69 Å². The van der Waals surface area contributed by atoms with Crippen LogP contribution in [0.2, 0.25) is 0 Å². The summed E-state index contributed by atoms with van der Waals surface area (Å²) in [5, 5.41) is 1.26. The predicted molar refractivity (Wildman–Crippen MR) is 95.8 cm³/mol. The lowest BCUT2D eigenvalue weighted by Crippen LogP contribution is -2.35. The summed E-state index contributed by atoms with van der Waals surface area (Å²) in [6.45, 7) is 0. The molecule has 2 amide bonds. The third-order valence-electron chi connectivity index (χ3n) is 3.40. The Morgan fingerprint density at radius 2 is 1.70 bits per heavy atom. The number of halogens is 1. The molecule has 116 valence electrons. The fourth-order valence-electron chi connectivity index (χ4n) is 2.20. The van der Waals surface area contributed by atoms with Crippen LogP contribution in [0.1, 0.15) is 5.56 Å². The average molecular weight is 420 g/mol. The Morgan fingerprint density at radius 3 is 2.30 bits per heavy atom. The smallest absolute Gasteiger partial charge is 0.282 e.